The zero-order valence-electron chi connectivity index (χ0n) is 11.3. The summed E-state index contributed by atoms with van der Waals surface area (Å²) in [5.74, 6) is -0.158. The molecular formula is C15H22BrFN2. The summed E-state index contributed by atoms with van der Waals surface area (Å²) < 4.78 is 12.9. The minimum atomic E-state index is -0.158. The number of hydrogen-bond donors (Lipinski definition) is 0. The van der Waals surface area contributed by atoms with Gasteiger partial charge in [0.05, 0.1) is 0 Å². The lowest BCUT2D eigenvalue weighted by Gasteiger charge is -2.36. The first-order valence-corrected chi connectivity index (χ1v) is 8.20. The molecule has 0 saturated carbocycles. The van der Waals surface area contributed by atoms with Gasteiger partial charge >= 0.3 is 0 Å². The Bertz CT molecular complexity index is 361. The predicted octanol–water partition coefficient (Wildman–Crippen LogP) is 3.51. The van der Waals surface area contributed by atoms with Gasteiger partial charge in [0, 0.05) is 37.2 Å². The summed E-state index contributed by atoms with van der Waals surface area (Å²) in [5.41, 5.74) is 1.14. The molecule has 2 nitrogen and oxygen atoms in total. The molecule has 0 aliphatic carbocycles. The molecule has 0 unspecified atom stereocenters. The Morgan fingerprint density at radius 2 is 1.63 bits per heavy atom. The Kier molecular flexibility index (Phi) is 6.11. The summed E-state index contributed by atoms with van der Waals surface area (Å²) in [4.78, 5) is 4.88. The Balaban J connectivity index is 1.71. The second-order valence-electron chi connectivity index (χ2n) is 5.05. The van der Waals surface area contributed by atoms with E-state index in [9.17, 15) is 4.39 Å². The second-order valence-corrected chi connectivity index (χ2v) is 5.85. The maximum Gasteiger partial charge on any atom is 0.123 e. The molecule has 4 heteroatoms. The maximum atomic E-state index is 12.9. The lowest BCUT2D eigenvalue weighted by atomic mass is 10.2. The monoisotopic (exact) mass is 328 g/mol. The van der Waals surface area contributed by atoms with Gasteiger partial charge in [-0.1, -0.05) is 22.4 Å². The summed E-state index contributed by atoms with van der Waals surface area (Å²) in [5, 5.41) is 1.12. The van der Waals surface area contributed by atoms with Crippen LogP contribution in [0.3, 0.4) is 0 Å². The average molecular weight is 329 g/mol. The first-order chi connectivity index (χ1) is 9.29. The second kappa shape index (κ2) is 7.85. The number of alkyl halides is 1. The lowest BCUT2D eigenvalue weighted by molar-refractivity contribution is 0.253. The van der Waals surface area contributed by atoms with Crippen LogP contribution in [0.5, 0.6) is 0 Å². The average Bonchev–Trinajstić information content (AvgIpc) is 2.45. The van der Waals surface area contributed by atoms with Gasteiger partial charge in [-0.05, 0) is 43.7 Å². The Morgan fingerprint density at radius 1 is 0.947 bits per heavy atom. The summed E-state index contributed by atoms with van der Waals surface area (Å²) in [7, 11) is 0. The quantitative estimate of drug-likeness (QED) is 0.582. The molecule has 1 aliphatic heterocycles. The molecule has 1 aromatic rings. The third-order valence-electron chi connectivity index (χ3n) is 3.67. The van der Waals surface area contributed by atoms with Gasteiger partial charge in [0.15, 0.2) is 0 Å². The third kappa shape index (κ3) is 4.77. The van der Waals surface area contributed by atoms with Gasteiger partial charge in [0.2, 0.25) is 0 Å². The number of benzene rings is 1. The van der Waals surface area contributed by atoms with E-state index in [1.165, 1.54) is 25.8 Å². The molecule has 1 heterocycles. The van der Waals surface area contributed by atoms with E-state index in [2.05, 4.69) is 25.7 Å². The fourth-order valence-electron chi connectivity index (χ4n) is 2.49. The van der Waals surface area contributed by atoms with Gasteiger partial charge in [-0.25, -0.2) is 4.39 Å². The van der Waals surface area contributed by atoms with E-state index in [-0.39, 0.29) is 5.82 Å². The maximum absolute atomic E-state index is 12.9. The lowest BCUT2D eigenvalue weighted by Crippen LogP contribution is -2.46. The van der Waals surface area contributed by atoms with E-state index in [0.29, 0.717) is 0 Å². The van der Waals surface area contributed by atoms with E-state index in [1.54, 1.807) is 12.1 Å². The number of piperazine rings is 1. The zero-order chi connectivity index (χ0) is 13.5. The molecule has 106 valence electrons. The highest BCUT2D eigenvalue weighted by atomic mass is 79.9. The summed E-state index contributed by atoms with van der Waals surface area (Å²) in [6, 6.07) is 6.84. The van der Waals surface area contributed by atoms with Crippen molar-refractivity contribution in [2.24, 2.45) is 0 Å². The van der Waals surface area contributed by atoms with Crippen LogP contribution in [0.25, 0.3) is 0 Å². The van der Waals surface area contributed by atoms with Crippen molar-refractivity contribution in [3.63, 3.8) is 0 Å². The molecule has 2 rings (SSSR count). The number of hydrogen-bond acceptors (Lipinski definition) is 2. The smallest absolute Gasteiger partial charge is 0.123 e. The van der Waals surface area contributed by atoms with Crippen molar-refractivity contribution in [3.05, 3.63) is 30.1 Å². The molecule has 0 bridgehead atoms. The van der Waals surface area contributed by atoms with Crippen LogP contribution in [-0.2, 0) is 0 Å². The van der Waals surface area contributed by atoms with E-state index in [4.69, 9.17) is 0 Å². The van der Waals surface area contributed by atoms with Crippen molar-refractivity contribution >= 4 is 21.6 Å². The molecule has 1 aromatic carbocycles. The van der Waals surface area contributed by atoms with Crippen LogP contribution in [0.2, 0.25) is 0 Å². The largest absolute Gasteiger partial charge is 0.369 e. The van der Waals surface area contributed by atoms with Crippen LogP contribution in [-0.4, -0.2) is 43.0 Å². The molecule has 0 radical (unpaired) electrons. The van der Waals surface area contributed by atoms with Crippen molar-refractivity contribution in [1.29, 1.82) is 0 Å². The van der Waals surface area contributed by atoms with Crippen LogP contribution >= 0.6 is 15.9 Å². The molecule has 1 fully saturated rings. The number of nitrogens with zero attached hydrogens (tertiary/aromatic N) is 2. The van der Waals surface area contributed by atoms with Gasteiger partial charge in [0.1, 0.15) is 5.82 Å². The number of unbranched alkanes of at least 4 members (excludes halogenated alkanes) is 2. The molecule has 1 saturated heterocycles. The minimum Gasteiger partial charge on any atom is -0.369 e. The highest BCUT2D eigenvalue weighted by Gasteiger charge is 2.16. The van der Waals surface area contributed by atoms with Gasteiger partial charge in [-0.3, -0.25) is 4.90 Å². The zero-order valence-corrected chi connectivity index (χ0v) is 12.9. The van der Waals surface area contributed by atoms with E-state index >= 15 is 0 Å². The van der Waals surface area contributed by atoms with Crippen LogP contribution in [0, 0.1) is 5.82 Å². The molecule has 0 atom stereocenters. The molecule has 0 aromatic heterocycles. The Labute approximate surface area is 123 Å². The van der Waals surface area contributed by atoms with Crippen molar-refractivity contribution in [3.8, 4) is 0 Å². The van der Waals surface area contributed by atoms with Crippen LogP contribution < -0.4 is 4.90 Å². The van der Waals surface area contributed by atoms with Crippen molar-refractivity contribution in [2.75, 3.05) is 43.0 Å². The van der Waals surface area contributed by atoms with Gasteiger partial charge < -0.3 is 4.90 Å². The van der Waals surface area contributed by atoms with Crippen LogP contribution in [0.15, 0.2) is 24.3 Å². The third-order valence-corrected chi connectivity index (χ3v) is 4.23. The molecule has 1 aliphatic rings. The fourth-order valence-corrected chi connectivity index (χ4v) is 2.88. The van der Waals surface area contributed by atoms with Crippen LogP contribution in [0.1, 0.15) is 19.3 Å². The normalized spacial score (nSPS) is 16.8. The molecule has 0 N–H and O–H groups in total. The SMILES string of the molecule is Fc1ccc(N2CCN(CCCCCBr)CC2)cc1. The highest BCUT2D eigenvalue weighted by molar-refractivity contribution is 9.09. The Morgan fingerprint density at radius 3 is 2.26 bits per heavy atom. The number of halogens is 2. The molecular weight excluding hydrogens is 307 g/mol. The first kappa shape index (κ1) is 14.8. The molecule has 0 spiro atoms. The fraction of sp³-hybridized carbons (Fsp3) is 0.600. The van der Waals surface area contributed by atoms with Gasteiger partial charge in [-0.15, -0.1) is 0 Å². The minimum absolute atomic E-state index is 0.158. The van der Waals surface area contributed by atoms with E-state index < -0.39 is 0 Å². The summed E-state index contributed by atoms with van der Waals surface area (Å²) in [6.45, 7) is 5.54. The van der Waals surface area contributed by atoms with E-state index in [0.717, 1.165) is 37.2 Å². The summed E-state index contributed by atoms with van der Waals surface area (Å²) in [6.07, 6.45) is 3.88. The Hall–Kier alpha value is -0.610. The number of rotatable bonds is 6. The van der Waals surface area contributed by atoms with Crippen molar-refractivity contribution < 1.29 is 4.39 Å². The van der Waals surface area contributed by atoms with E-state index in [1.807, 2.05) is 12.1 Å². The molecule has 0 amide bonds. The van der Waals surface area contributed by atoms with Gasteiger partial charge in [0.25, 0.3) is 0 Å². The highest BCUT2D eigenvalue weighted by Crippen LogP contribution is 2.17. The molecule has 19 heavy (non-hydrogen) atoms. The van der Waals surface area contributed by atoms with Crippen molar-refractivity contribution in [1.82, 2.24) is 4.90 Å². The standard InChI is InChI=1S/C15H22BrFN2/c16-8-2-1-3-9-18-10-12-19(13-11-18)15-6-4-14(17)5-7-15/h4-7H,1-3,8-13H2. The topological polar surface area (TPSA) is 6.48 Å². The van der Waals surface area contributed by atoms with Crippen molar-refractivity contribution in [2.45, 2.75) is 19.3 Å². The summed E-state index contributed by atoms with van der Waals surface area (Å²) >= 11 is 3.47. The van der Waals surface area contributed by atoms with Crippen LogP contribution in [0.4, 0.5) is 10.1 Å². The predicted molar refractivity (Wildman–Crippen MR) is 82.7 cm³/mol. The van der Waals surface area contributed by atoms with Gasteiger partial charge in [-0.2, -0.15) is 0 Å². The number of anilines is 1. The first-order valence-electron chi connectivity index (χ1n) is 7.08.